The molecule has 0 bridgehead atoms. The molecular formula is C18H28N4O3S. The molecule has 1 amide bonds. The first kappa shape index (κ1) is 19.1. The van der Waals surface area contributed by atoms with Crippen molar-refractivity contribution in [1.82, 2.24) is 14.5 Å². The van der Waals surface area contributed by atoms with Gasteiger partial charge < -0.3 is 14.7 Å². The van der Waals surface area contributed by atoms with Gasteiger partial charge in [0.05, 0.1) is 5.69 Å². The largest absolute Gasteiger partial charge is 0.368 e. The van der Waals surface area contributed by atoms with Gasteiger partial charge in [0, 0.05) is 44.8 Å². The molecule has 2 saturated heterocycles. The van der Waals surface area contributed by atoms with Crippen molar-refractivity contribution < 1.29 is 13.2 Å². The number of hydrogen-bond acceptors (Lipinski definition) is 5. The summed E-state index contributed by atoms with van der Waals surface area (Å²) in [5.74, 6) is -0.0813. The Labute approximate surface area is 156 Å². The Morgan fingerprint density at radius 1 is 1.00 bits per heavy atom. The highest BCUT2D eigenvalue weighted by Gasteiger charge is 2.26. The summed E-state index contributed by atoms with van der Waals surface area (Å²) in [6, 6.07) is 5.09. The number of sulfonamides is 1. The highest BCUT2D eigenvalue weighted by Crippen LogP contribution is 2.28. The Kier molecular flexibility index (Phi) is 5.84. The molecule has 0 radical (unpaired) electrons. The first-order chi connectivity index (χ1) is 12.4. The second-order valence-electron chi connectivity index (χ2n) is 7.03. The fourth-order valence-corrected chi connectivity index (χ4v) is 4.54. The summed E-state index contributed by atoms with van der Waals surface area (Å²) in [4.78, 5) is 19.1. The van der Waals surface area contributed by atoms with Gasteiger partial charge in [0.2, 0.25) is 10.0 Å². The number of rotatable bonds is 4. The van der Waals surface area contributed by atoms with Gasteiger partial charge in [0.15, 0.2) is 0 Å². The van der Waals surface area contributed by atoms with Gasteiger partial charge in [0.1, 0.15) is 4.90 Å². The van der Waals surface area contributed by atoms with Crippen LogP contribution in [0.3, 0.4) is 0 Å². The zero-order chi connectivity index (χ0) is 18.7. The third kappa shape index (κ3) is 4.02. The van der Waals surface area contributed by atoms with Gasteiger partial charge >= 0.3 is 0 Å². The maximum absolute atomic E-state index is 12.8. The molecule has 2 fully saturated rings. The maximum atomic E-state index is 12.8. The Hall–Kier alpha value is -1.64. The van der Waals surface area contributed by atoms with E-state index in [9.17, 15) is 13.2 Å². The lowest BCUT2D eigenvalue weighted by Gasteiger charge is -2.35. The lowest BCUT2D eigenvalue weighted by Crippen LogP contribution is -2.45. The summed E-state index contributed by atoms with van der Waals surface area (Å²) in [5.41, 5.74) is 1.11. The van der Waals surface area contributed by atoms with Crippen molar-refractivity contribution in [2.24, 2.45) is 0 Å². The van der Waals surface area contributed by atoms with Gasteiger partial charge in [0.25, 0.3) is 5.91 Å². The molecule has 0 atom stereocenters. The number of benzene rings is 1. The first-order valence-electron chi connectivity index (χ1n) is 9.23. The quantitative estimate of drug-likeness (QED) is 0.843. The van der Waals surface area contributed by atoms with Crippen molar-refractivity contribution in [3.05, 3.63) is 23.8 Å². The lowest BCUT2D eigenvalue weighted by atomic mass is 10.1. The highest BCUT2D eigenvalue weighted by atomic mass is 32.2. The molecule has 1 aromatic rings. The van der Waals surface area contributed by atoms with E-state index in [0.717, 1.165) is 58.5 Å². The number of piperazine rings is 1. The third-order valence-electron chi connectivity index (χ3n) is 5.25. The predicted molar refractivity (Wildman–Crippen MR) is 102 cm³/mol. The molecule has 7 nitrogen and oxygen atoms in total. The fourth-order valence-electron chi connectivity index (χ4n) is 3.56. The molecule has 26 heavy (non-hydrogen) atoms. The fraction of sp³-hybridized carbons (Fsp3) is 0.611. The van der Waals surface area contributed by atoms with Crippen LogP contribution in [0.15, 0.2) is 23.1 Å². The number of nitrogens with zero attached hydrogens (tertiary/aromatic N) is 3. The van der Waals surface area contributed by atoms with Crippen molar-refractivity contribution in [3.63, 3.8) is 0 Å². The van der Waals surface area contributed by atoms with Crippen LogP contribution in [0, 0.1) is 0 Å². The molecule has 0 spiro atoms. The number of anilines is 1. The highest BCUT2D eigenvalue weighted by molar-refractivity contribution is 7.89. The number of nitrogens with one attached hydrogen (secondary N) is 1. The van der Waals surface area contributed by atoms with Crippen LogP contribution in [0.25, 0.3) is 0 Å². The normalized spacial score (nSPS) is 19.6. The minimum Gasteiger partial charge on any atom is -0.368 e. The molecule has 1 N–H and O–H groups in total. The van der Waals surface area contributed by atoms with Crippen LogP contribution >= 0.6 is 0 Å². The van der Waals surface area contributed by atoms with Gasteiger partial charge in [-0.1, -0.05) is 0 Å². The molecule has 144 valence electrons. The van der Waals surface area contributed by atoms with Crippen molar-refractivity contribution in [2.75, 3.05) is 58.3 Å². The predicted octanol–water partition coefficient (Wildman–Crippen LogP) is 0.973. The van der Waals surface area contributed by atoms with Crippen molar-refractivity contribution in [3.8, 4) is 0 Å². The lowest BCUT2D eigenvalue weighted by molar-refractivity contribution is 0.0724. The van der Waals surface area contributed by atoms with Crippen molar-refractivity contribution >= 4 is 21.6 Å². The number of amides is 1. The Morgan fingerprint density at radius 2 is 1.65 bits per heavy atom. The molecule has 0 aliphatic carbocycles. The van der Waals surface area contributed by atoms with Crippen LogP contribution in [0.2, 0.25) is 0 Å². The summed E-state index contributed by atoms with van der Waals surface area (Å²) in [7, 11) is -0.191. The standard InChI is InChI=1S/C18H28N4O3S/c1-19-26(24,25)17-14-15(18(23)22-8-4-3-5-9-22)6-7-16(17)21-12-10-20(2)11-13-21/h6-7,14,19H,3-5,8-13H2,1-2H3. The zero-order valence-corrected chi connectivity index (χ0v) is 16.4. The number of hydrogen-bond donors (Lipinski definition) is 1. The SMILES string of the molecule is CNS(=O)(=O)c1cc(C(=O)N2CCCCC2)ccc1N1CCN(C)CC1. The molecule has 2 heterocycles. The van der Waals surface area contributed by atoms with E-state index in [-0.39, 0.29) is 10.8 Å². The summed E-state index contributed by atoms with van der Waals surface area (Å²) in [6.07, 6.45) is 3.16. The van der Waals surface area contributed by atoms with E-state index in [2.05, 4.69) is 21.6 Å². The van der Waals surface area contributed by atoms with E-state index >= 15 is 0 Å². The smallest absolute Gasteiger partial charge is 0.253 e. The van der Waals surface area contributed by atoms with E-state index in [1.54, 1.807) is 12.1 Å². The third-order valence-corrected chi connectivity index (χ3v) is 6.70. The van der Waals surface area contributed by atoms with Crippen LogP contribution in [-0.2, 0) is 10.0 Å². The van der Waals surface area contributed by atoms with Gasteiger partial charge in [-0.2, -0.15) is 0 Å². The molecule has 0 aromatic heterocycles. The zero-order valence-electron chi connectivity index (χ0n) is 15.6. The van der Waals surface area contributed by atoms with Gasteiger partial charge in [-0.3, -0.25) is 4.79 Å². The first-order valence-corrected chi connectivity index (χ1v) is 10.7. The number of likely N-dealkylation sites (N-methyl/N-ethyl adjacent to an activating group) is 1. The van der Waals surface area contributed by atoms with E-state index in [0.29, 0.717) is 11.3 Å². The van der Waals surface area contributed by atoms with Crippen LogP contribution in [-0.4, -0.2) is 77.5 Å². The molecular weight excluding hydrogens is 352 g/mol. The Balaban J connectivity index is 1.94. The average molecular weight is 381 g/mol. The van der Waals surface area contributed by atoms with Crippen LogP contribution in [0.1, 0.15) is 29.6 Å². The Morgan fingerprint density at radius 3 is 2.27 bits per heavy atom. The number of carbonyl (C=O) groups excluding carboxylic acids is 1. The van der Waals surface area contributed by atoms with Gasteiger partial charge in [-0.25, -0.2) is 13.1 Å². The van der Waals surface area contributed by atoms with E-state index in [1.807, 2.05) is 4.90 Å². The topological polar surface area (TPSA) is 73.0 Å². The molecule has 0 saturated carbocycles. The van der Waals surface area contributed by atoms with E-state index in [1.165, 1.54) is 13.1 Å². The maximum Gasteiger partial charge on any atom is 0.253 e. The van der Waals surface area contributed by atoms with Crippen molar-refractivity contribution in [2.45, 2.75) is 24.2 Å². The molecule has 3 rings (SSSR count). The van der Waals surface area contributed by atoms with Crippen LogP contribution < -0.4 is 9.62 Å². The van der Waals surface area contributed by atoms with Gasteiger partial charge in [-0.05, 0) is 51.6 Å². The van der Waals surface area contributed by atoms with Crippen LogP contribution in [0.5, 0.6) is 0 Å². The summed E-state index contributed by atoms with van der Waals surface area (Å²) in [6.45, 7) is 4.78. The molecule has 0 unspecified atom stereocenters. The molecule has 2 aliphatic rings. The minimum absolute atomic E-state index is 0.0813. The van der Waals surface area contributed by atoms with Crippen molar-refractivity contribution in [1.29, 1.82) is 0 Å². The second-order valence-corrected chi connectivity index (χ2v) is 8.89. The van der Waals surface area contributed by atoms with Gasteiger partial charge in [-0.15, -0.1) is 0 Å². The summed E-state index contributed by atoms with van der Waals surface area (Å²) in [5, 5.41) is 0. The summed E-state index contributed by atoms with van der Waals surface area (Å²) >= 11 is 0. The number of carbonyl (C=O) groups is 1. The van der Waals surface area contributed by atoms with E-state index < -0.39 is 10.0 Å². The number of likely N-dealkylation sites (tertiary alicyclic amines) is 1. The molecule has 2 aliphatic heterocycles. The number of piperidine rings is 1. The minimum atomic E-state index is -3.65. The molecule has 1 aromatic carbocycles. The summed E-state index contributed by atoms with van der Waals surface area (Å²) < 4.78 is 27.6. The second kappa shape index (κ2) is 7.94. The molecule has 8 heteroatoms. The van der Waals surface area contributed by atoms with Crippen LogP contribution in [0.4, 0.5) is 5.69 Å². The Bertz CT molecular complexity index is 752. The average Bonchev–Trinajstić information content (AvgIpc) is 2.68. The van der Waals surface area contributed by atoms with E-state index in [4.69, 9.17) is 0 Å². The monoisotopic (exact) mass is 380 g/mol.